The van der Waals surface area contributed by atoms with Gasteiger partial charge in [0.15, 0.2) is 0 Å². The molecule has 0 spiro atoms. The first-order valence-corrected chi connectivity index (χ1v) is 12.2. The Morgan fingerprint density at radius 1 is 1.08 bits per heavy atom. The van der Waals surface area contributed by atoms with Crippen molar-refractivity contribution in [1.82, 2.24) is 34.7 Å². The molecule has 0 aliphatic heterocycles. The molecule has 4 aromatic heterocycles. The number of benzene rings is 2. The maximum atomic E-state index is 11.9. The van der Waals surface area contributed by atoms with E-state index in [9.17, 15) is 4.79 Å². The van der Waals surface area contributed by atoms with Gasteiger partial charge in [-0.3, -0.25) is 4.79 Å². The van der Waals surface area contributed by atoms with Crippen molar-refractivity contribution >= 4 is 27.5 Å². The molecule has 0 saturated heterocycles. The first kappa shape index (κ1) is 22.7. The minimum Gasteiger partial charge on any atom is -0.496 e. The van der Waals surface area contributed by atoms with Crippen LogP contribution >= 0.6 is 11.3 Å². The average Bonchev–Trinajstić information content (AvgIpc) is 3.67. The van der Waals surface area contributed by atoms with Gasteiger partial charge in [-0.25, -0.2) is 4.98 Å². The molecule has 0 fully saturated rings. The number of hydrogen-bond acceptors (Lipinski definition) is 7. The molecule has 0 radical (unpaired) electrons. The van der Waals surface area contributed by atoms with Crippen LogP contribution in [0.1, 0.15) is 21.7 Å². The number of tetrazole rings is 1. The number of aromatic amines is 1. The minimum atomic E-state index is -0.544. The van der Waals surface area contributed by atoms with Crippen molar-refractivity contribution < 1.29 is 9.53 Å². The monoisotopic (exact) mass is 510 g/mol. The number of carbonyl (C=O) groups is 1. The van der Waals surface area contributed by atoms with Gasteiger partial charge in [0, 0.05) is 35.4 Å². The van der Waals surface area contributed by atoms with E-state index in [4.69, 9.17) is 10.5 Å². The topological polar surface area (TPSA) is 130 Å². The zero-order valence-corrected chi connectivity index (χ0v) is 21.1. The second kappa shape index (κ2) is 8.71. The first-order valence-electron chi connectivity index (χ1n) is 11.4. The summed E-state index contributed by atoms with van der Waals surface area (Å²) in [5.41, 5.74) is 11.9. The fraction of sp³-hybridized carbons (Fsp3) is 0.115. The van der Waals surface area contributed by atoms with E-state index in [2.05, 4.69) is 65.9 Å². The largest absolute Gasteiger partial charge is 0.496 e. The number of methoxy groups -OCH3 is 1. The molecule has 184 valence electrons. The lowest BCUT2D eigenvalue weighted by atomic mass is 10.0. The lowest BCUT2D eigenvalue weighted by molar-refractivity contribution is 0.0997. The normalized spacial score (nSPS) is 11.3. The Hall–Kier alpha value is -4.77. The molecular formula is C26H22N8O2S. The third-order valence-corrected chi connectivity index (χ3v) is 7.42. The second-order valence-electron chi connectivity index (χ2n) is 8.55. The van der Waals surface area contributed by atoms with Crippen LogP contribution in [0.2, 0.25) is 0 Å². The lowest BCUT2D eigenvalue weighted by Gasteiger charge is -2.16. The molecule has 0 atom stereocenters. The Morgan fingerprint density at radius 2 is 1.92 bits per heavy atom. The van der Waals surface area contributed by atoms with Gasteiger partial charge in [-0.1, -0.05) is 6.07 Å². The van der Waals surface area contributed by atoms with Crippen molar-refractivity contribution in [3.63, 3.8) is 0 Å². The summed E-state index contributed by atoms with van der Waals surface area (Å²) >= 11 is 1.58. The van der Waals surface area contributed by atoms with Crippen LogP contribution in [0.15, 0.2) is 60.9 Å². The highest BCUT2D eigenvalue weighted by Crippen LogP contribution is 2.40. The number of rotatable bonds is 6. The predicted octanol–water partition coefficient (Wildman–Crippen LogP) is 4.45. The molecule has 1 amide bonds. The Morgan fingerprint density at radius 3 is 2.59 bits per heavy atom. The zero-order chi connectivity index (χ0) is 25.7. The fourth-order valence-electron chi connectivity index (χ4n) is 4.60. The van der Waals surface area contributed by atoms with E-state index in [1.165, 1.54) is 7.11 Å². The van der Waals surface area contributed by atoms with Crippen LogP contribution in [-0.2, 0) is 0 Å². The molecule has 0 unspecified atom stereocenters. The Balaban J connectivity index is 1.57. The number of hydrogen-bond donors (Lipinski definition) is 2. The molecule has 37 heavy (non-hydrogen) atoms. The highest BCUT2D eigenvalue weighted by molar-refractivity contribution is 7.22. The highest BCUT2D eigenvalue weighted by Gasteiger charge is 2.20. The molecule has 10 nitrogen and oxygen atoms in total. The van der Waals surface area contributed by atoms with E-state index in [0.717, 1.165) is 49.1 Å². The number of nitrogens with one attached hydrogen (secondary N) is 1. The number of thiophene rings is 1. The smallest absolute Gasteiger partial charge is 0.252 e. The average molecular weight is 511 g/mol. The lowest BCUT2D eigenvalue weighted by Crippen LogP contribution is -2.12. The van der Waals surface area contributed by atoms with Crippen LogP contribution in [0, 0.1) is 13.8 Å². The molecule has 0 saturated carbocycles. The summed E-state index contributed by atoms with van der Waals surface area (Å²) in [4.78, 5) is 17.2. The number of primary amides is 1. The van der Waals surface area contributed by atoms with Crippen LogP contribution in [0.4, 0.5) is 0 Å². The third-order valence-electron chi connectivity index (χ3n) is 6.35. The van der Waals surface area contributed by atoms with Gasteiger partial charge in [-0.15, -0.1) is 21.5 Å². The molecule has 2 aromatic carbocycles. The van der Waals surface area contributed by atoms with Gasteiger partial charge in [-0.05, 0) is 61.0 Å². The van der Waals surface area contributed by atoms with E-state index < -0.39 is 5.91 Å². The molecule has 11 heteroatoms. The number of nitrogens with two attached hydrogens (primary N) is 1. The fourth-order valence-corrected chi connectivity index (χ4v) is 5.61. The van der Waals surface area contributed by atoms with Crippen LogP contribution < -0.4 is 10.5 Å². The van der Waals surface area contributed by atoms with Gasteiger partial charge >= 0.3 is 0 Å². The highest BCUT2D eigenvalue weighted by atomic mass is 32.1. The maximum Gasteiger partial charge on any atom is 0.252 e. The molecule has 6 aromatic rings. The second-order valence-corrected chi connectivity index (χ2v) is 9.64. The number of aryl methyl sites for hydroxylation is 2. The number of nitrogens with zero attached hydrogens (tertiary/aromatic N) is 6. The first-order chi connectivity index (χ1) is 17.9. The molecule has 0 aliphatic carbocycles. The number of aromatic nitrogens is 7. The van der Waals surface area contributed by atoms with Crippen molar-refractivity contribution in [1.29, 1.82) is 0 Å². The number of fused-ring (bicyclic) bond motifs is 1. The van der Waals surface area contributed by atoms with Gasteiger partial charge in [0.25, 0.3) is 5.91 Å². The quantitative estimate of drug-likeness (QED) is 0.341. The predicted molar refractivity (Wildman–Crippen MR) is 141 cm³/mol. The third kappa shape index (κ3) is 3.76. The SMILES string of the molecule is COc1cc(-n2c(-c3ccc(-n4ccnc4C)cc3C)cc3sc(-c4nn[nH]n4)cc32)ccc1C(N)=O. The van der Waals surface area contributed by atoms with Gasteiger partial charge < -0.3 is 19.6 Å². The van der Waals surface area contributed by atoms with Crippen LogP contribution in [0.25, 0.3) is 43.6 Å². The summed E-state index contributed by atoms with van der Waals surface area (Å²) in [6, 6.07) is 15.9. The Kier molecular flexibility index (Phi) is 5.34. The molecule has 0 aliphatic rings. The van der Waals surface area contributed by atoms with Gasteiger partial charge in [0.1, 0.15) is 11.6 Å². The van der Waals surface area contributed by atoms with Gasteiger partial charge in [-0.2, -0.15) is 5.21 Å². The van der Waals surface area contributed by atoms with Crippen molar-refractivity contribution in [3.05, 3.63) is 77.9 Å². The van der Waals surface area contributed by atoms with E-state index >= 15 is 0 Å². The number of imidazole rings is 1. The van der Waals surface area contributed by atoms with E-state index in [-0.39, 0.29) is 0 Å². The molecule has 6 rings (SSSR count). The van der Waals surface area contributed by atoms with Crippen LogP contribution in [0.5, 0.6) is 5.75 Å². The number of ether oxygens (including phenoxy) is 1. The Bertz CT molecular complexity index is 1780. The van der Waals surface area contributed by atoms with Gasteiger partial charge in [0.05, 0.1) is 33.5 Å². The summed E-state index contributed by atoms with van der Waals surface area (Å²) < 4.78 is 10.8. The van der Waals surface area contributed by atoms with E-state index in [0.29, 0.717) is 17.1 Å². The standard InChI is InChI=1S/C26H22N8O2S/c1-14-10-16(33-9-8-28-15(33)2)4-6-18(14)20-12-23-21(13-24(37-23)26-29-31-32-30-26)34(20)17-5-7-19(25(27)35)22(11-17)36-3/h4-13H,1-3H3,(H2,27,35)(H,29,30,31,32). The molecule has 3 N–H and O–H groups in total. The van der Waals surface area contributed by atoms with Crippen LogP contribution in [-0.4, -0.2) is 47.8 Å². The van der Waals surface area contributed by atoms with Crippen molar-refractivity contribution in [2.45, 2.75) is 13.8 Å². The summed E-state index contributed by atoms with van der Waals surface area (Å²) in [5, 5.41) is 14.5. The zero-order valence-electron chi connectivity index (χ0n) is 20.3. The Labute approximate surface area is 215 Å². The summed E-state index contributed by atoms with van der Waals surface area (Å²) in [6.45, 7) is 4.07. The summed E-state index contributed by atoms with van der Waals surface area (Å²) in [5.74, 6) is 1.32. The van der Waals surface area contributed by atoms with Crippen molar-refractivity contribution in [3.8, 4) is 39.1 Å². The van der Waals surface area contributed by atoms with Crippen molar-refractivity contribution in [2.24, 2.45) is 5.73 Å². The number of H-pyrrole nitrogens is 1. The number of amides is 1. The molecule has 0 bridgehead atoms. The van der Waals surface area contributed by atoms with Crippen LogP contribution in [0.3, 0.4) is 0 Å². The van der Waals surface area contributed by atoms with E-state index in [1.54, 1.807) is 23.6 Å². The maximum absolute atomic E-state index is 11.9. The molecule has 4 heterocycles. The number of carbonyl (C=O) groups excluding carboxylic acids is 1. The summed E-state index contributed by atoms with van der Waals surface area (Å²) in [7, 11) is 1.53. The minimum absolute atomic E-state index is 0.324. The van der Waals surface area contributed by atoms with Crippen molar-refractivity contribution in [2.75, 3.05) is 7.11 Å². The van der Waals surface area contributed by atoms with E-state index in [1.807, 2.05) is 31.3 Å². The van der Waals surface area contributed by atoms with Gasteiger partial charge in [0.2, 0.25) is 5.82 Å². The summed E-state index contributed by atoms with van der Waals surface area (Å²) in [6.07, 6.45) is 3.75. The molecular weight excluding hydrogens is 488 g/mol.